The van der Waals surface area contributed by atoms with Gasteiger partial charge < -0.3 is 4.90 Å². The third-order valence-corrected chi connectivity index (χ3v) is 4.71. The van der Waals surface area contributed by atoms with E-state index in [0.717, 1.165) is 35.5 Å². The number of carbonyl (C=O) groups is 1. The molecule has 0 atom stereocenters. The third-order valence-electron chi connectivity index (χ3n) is 3.76. The van der Waals surface area contributed by atoms with Gasteiger partial charge in [0, 0.05) is 36.4 Å². The Hall–Kier alpha value is -1.49. The lowest BCUT2D eigenvalue weighted by atomic mass is 10.2. The predicted molar refractivity (Wildman–Crippen MR) is 83.0 cm³/mol. The van der Waals surface area contributed by atoms with Crippen molar-refractivity contribution in [2.75, 3.05) is 24.6 Å². The highest BCUT2D eigenvalue weighted by atomic mass is 32.2. The van der Waals surface area contributed by atoms with Crippen molar-refractivity contribution in [1.29, 1.82) is 0 Å². The molecule has 3 rings (SSSR count). The molecule has 5 heteroatoms. The number of fused-ring (bicyclic) bond motifs is 1. The van der Waals surface area contributed by atoms with E-state index in [1.807, 2.05) is 33.6 Å². The third kappa shape index (κ3) is 2.68. The van der Waals surface area contributed by atoms with E-state index in [0.29, 0.717) is 13.0 Å². The van der Waals surface area contributed by atoms with Crippen molar-refractivity contribution in [2.24, 2.45) is 0 Å². The lowest BCUT2D eigenvalue weighted by molar-refractivity contribution is -0.131. The molecule has 1 aromatic carbocycles. The number of aryl methyl sites for hydroxylation is 2. The van der Waals surface area contributed by atoms with Gasteiger partial charge in [-0.1, -0.05) is 18.2 Å². The predicted octanol–water partition coefficient (Wildman–Crippen LogP) is 2.31. The minimum absolute atomic E-state index is 0.252. The number of rotatable bonds is 3. The maximum absolute atomic E-state index is 12.2. The summed E-state index contributed by atoms with van der Waals surface area (Å²) in [7, 11) is 0. The summed E-state index contributed by atoms with van der Waals surface area (Å²) in [5.74, 6) is 2.38. The Morgan fingerprint density at radius 2 is 2.15 bits per heavy atom. The van der Waals surface area contributed by atoms with E-state index in [1.165, 1.54) is 5.56 Å². The molecule has 1 aliphatic heterocycles. The number of thioether (sulfide) groups is 1. The van der Waals surface area contributed by atoms with Crippen molar-refractivity contribution in [3.05, 3.63) is 30.0 Å². The molecule has 1 saturated heterocycles. The van der Waals surface area contributed by atoms with Gasteiger partial charge in [0.15, 0.2) is 0 Å². The highest BCUT2D eigenvalue weighted by Crippen LogP contribution is 2.18. The van der Waals surface area contributed by atoms with Gasteiger partial charge >= 0.3 is 0 Å². The van der Waals surface area contributed by atoms with Crippen LogP contribution in [0.1, 0.15) is 12.0 Å². The largest absolute Gasteiger partial charge is 0.341 e. The SMILES string of the molecule is Cc1cccc2cnn(CCC(=O)N3CCSCC3)c12. The Labute approximate surface area is 123 Å². The molecular formula is C15H19N3OS. The summed E-state index contributed by atoms with van der Waals surface area (Å²) in [5, 5.41) is 5.56. The Kier molecular flexibility index (Phi) is 3.96. The van der Waals surface area contributed by atoms with E-state index < -0.39 is 0 Å². The molecular weight excluding hydrogens is 270 g/mol. The number of carbonyl (C=O) groups excluding carboxylic acids is 1. The van der Waals surface area contributed by atoms with Gasteiger partial charge in [-0.2, -0.15) is 16.9 Å². The average Bonchev–Trinajstić information content (AvgIpc) is 2.90. The quantitative estimate of drug-likeness (QED) is 0.870. The zero-order valence-corrected chi connectivity index (χ0v) is 12.5. The van der Waals surface area contributed by atoms with Crippen molar-refractivity contribution in [2.45, 2.75) is 19.9 Å². The van der Waals surface area contributed by atoms with Crippen LogP contribution in [-0.4, -0.2) is 45.2 Å². The van der Waals surface area contributed by atoms with Gasteiger partial charge in [0.1, 0.15) is 0 Å². The van der Waals surface area contributed by atoms with Crippen LogP contribution in [0.4, 0.5) is 0 Å². The standard InChI is InChI=1S/C15H19N3OS/c1-12-3-2-4-13-11-16-18(15(12)13)6-5-14(19)17-7-9-20-10-8-17/h2-4,11H,5-10H2,1H3. The number of para-hydroxylation sites is 1. The smallest absolute Gasteiger partial charge is 0.224 e. The molecule has 0 aliphatic carbocycles. The molecule has 1 aliphatic rings. The lowest BCUT2D eigenvalue weighted by Crippen LogP contribution is -2.38. The molecule has 0 spiro atoms. The Morgan fingerprint density at radius 3 is 2.95 bits per heavy atom. The van der Waals surface area contributed by atoms with E-state index in [4.69, 9.17) is 0 Å². The molecule has 0 N–H and O–H groups in total. The Bertz CT molecular complexity index is 617. The molecule has 1 fully saturated rings. The van der Waals surface area contributed by atoms with Gasteiger partial charge in [0.2, 0.25) is 5.91 Å². The van der Waals surface area contributed by atoms with E-state index >= 15 is 0 Å². The number of amides is 1. The summed E-state index contributed by atoms with van der Waals surface area (Å²) in [6.45, 7) is 4.53. The van der Waals surface area contributed by atoms with Crippen LogP contribution in [0.5, 0.6) is 0 Å². The van der Waals surface area contributed by atoms with Gasteiger partial charge in [-0.15, -0.1) is 0 Å². The summed E-state index contributed by atoms with van der Waals surface area (Å²) >= 11 is 1.92. The Balaban J connectivity index is 1.69. The summed E-state index contributed by atoms with van der Waals surface area (Å²) in [6.07, 6.45) is 2.42. The highest BCUT2D eigenvalue weighted by Gasteiger charge is 2.17. The number of nitrogens with zero attached hydrogens (tertiary/aromatic N) is 3. The summed E-state index contributed by atoms with van der Waals surface area (Å²) in [4.78, 5) is 14.2. The summed E-state index contributed by atoms with van der Waals surface area (Å²) in [6, 6.07) is 6.19. The van der Waals surface area contributed by atoms with E-state index in [9.17, 15) is 4.79 Å². The lowest BCUT2D eigenvalue weighted by Gasteiger charge is -2.26. The molecule has 0 bridgehead atoms. The van der Waals surface area contributed by atoms with Crippen molar-refractivity contribution in [3.8, 4) is 0 Å². The van der Waals surface area contributed by atoms with Crippen LogP contribution < -0.4 is 0 Å². The van der Waals surface area contributed by atoms with Crippen LogP contribution in [0.2, 0.25) is 0 Å². The topological polar surface area (TPSA) is 38.1 Å². The zero-order chi connectivity index (χ0) is 13.9. The number of hydrogen-bond acceptors (Lipinski definition) is 3. The normalized spacial score (nSPS) is 15.8. The second-order valence-corrected chi connectivity index (χ2v) is 6.35. The minimum Gasteiger partial charge on any atom is -0.341 e. The fourth-order valence-electron chi connectivity index (χ4n) is 2.67. The van der Waals surface area contributed by atoms with Crippen molar-refractivity contribution < 1.29 is 4.79 Å². The number of hydrogen-bond donors (Lipinski definition) is 0. The first-order valence-electron chi connectivity index (χ1n) is 7.02. The molecule has 0 unspecified atom stereocenters. The van der Waals surface area contributed by atoms with Crippen LogP contribution in [0.15, 0.2) is 24.4 Å². The second-order valence-electron chi connectivity index (χ2n) is 5.12. The van der Waals surface area contributed by atoms with Gasteiger partial charge in [0.25, 0.3) is 0 Å². The highest BCUT2D eigenvalue weighted by molar-refractivity contribution is 7.99. The van der Waals surface area contributed by atoms with Crippen LogP contribution in [0, 0.1) is 6.92 Å². The molecule has 106 valence electrons. The molecule has 4 nitrogen and oxygen atoms in total. The fraction of sp³-hybridized carbons (Fsp3) is 0.467. The maximum Gasteiger partial charge on any atom is 0.224 e. The monoisotopic (exact) mass is 289 g/mol. The van der Waals surface area contributed by atoms with Crippen molar-refractivity contribution in [3.63, 3.8) is 0 Å². The van der Waals surface area contributed by atoms with Crippen LogP contribution in [0.25, 0.3) is 10.9 Å². The van der Waals surface area contributed by atoms with E-state index in [1.54, 1.807) is 0 Å². The second kappa shape index (κ2) is 5.87. The molecule has 2 heterocycles. The number of benzene rings is 1. The van der Waals surface area contributed by atoms with Gasteiger partial charge in [-0.25, -0.2) is 0 Å². The van der Waals surface area contributed by atoms with Gasteiger partial charge in [-0.05, 0) is 12.5 Å². The molecule has 0 radical (unpaired) electrons. The summed E-state index contributed by atoms with van der Waals surface area (Å²) in [5.41, 5.74) is 2.36. The average molecular weight is 289 g/mol. The first kappa shape index (κ1) is 13.5. The van der Waals surface area contributed by atoms with Crippen LogP contribution >= 0.6 is 11.8 Å². The molecule has 1 amide bonds. The molecule has 1 aromatic heterocycles. The van der Waals surface area contributed by atoms with Crippen molar-refractivity contribution >= 4 is 28.6 Å². The molecule has 2 aromatic rings. The van der Waals surface area contributed by atoms with Gasteiger partial charge in [-0.3, -0.25) is 9.48 Å². The van der Waals surface area contributed by atoms with E-state index in [-0.39, 0.29) is 5.91 Å². The summed E-state index contributed by atoms with van der Waals surface area (Å²) < 4.78 is 1.96. The molecule has 0 saturated carbocycles. The molecule has 20 heavy (non-hydrogen) atoms. The zero-order valence-electron chi connectivity index (χ0n) is 11.7. The van der Waals surface area contributed by atoms with Crippen LogP contribution in [0.3, 0.4) is 0 Å². The fourth-order valence-corrected chi connectivity index (χ4v) is 3.57. The Morgan fingerprint density at radius 1 is 1.35 bits per heavy atom. The number of aromatic nitrogens is 2. The first-order valence-corrected chi connectivity index (χ1v) is 8.18. The first-order chi connectivity index (χ1) is 9.75. The van der Waals surface area contributed by atoms with Gasteiger partial charge in [0.05, 0.1) is 18.3 Å². The maximum atomic E-state index is 12.2. The van der Waals surface area contributed by atoms with Crippen LogP contribution in [-0.2, 0) is 11.3 Å². The van der Waals surface area contributed by atoms with Crippen molar-refractivity contribution in [1.82, 2.24) is 14.7 Å². The van der Waals surface area contributed by atoms with E-state index in [2.05, 4.69) is 24.2 Å². The minimum atomic E-state index is 0.252.